The lowest BCUT2D eigenvalue weighted by atomic mass is 9.78. The Morgan fingerprint density at radius 1 is 0.688 bits per heavy atom. The summed E-state index contributed by atoms with van der Waals surface area (Å²) in [6.07, 6.45) is 1.72. The number of carbonyl (C=O) groups is 1. The number of ether oxygens (including phenoxy) is 7. The Balaban J connectivity index is 1.56. The third-order valence-corrected chi connectivity index (χ3v) is 8.62. The predicted molar refractivity (Wildman–Crippen MR) is 182 cm³/mol. The molecule has 0 radical (unpaired) electrons. The molecule has 0 bridgehead atoms. The molecule has 48 heavy (non-hydrogen) atoms. The average molecular weight is 651 g/mol. The first kappa shape index (κ1) is 32.6. The zero-order valence-corrected chi connectivity index (χ0v) is 27.5. The number of pyridine rings is 1. The van der Waals surface area contributed by atoms with Gasteiger partial charge in [0.1, 0.15) is 11.5 Å². The second kappa shape index (κ2) is 14.6. The first-order chi connectivity index (χ1) is 23.5. The van der Waals surface area contributed by atoms with Crippen molar-refractivity contribution < 1.29 is 38.0 Å². The molecule has 10 heteroatoms. The van der Waals surface area contributed by atoms with E-state index in [1.54, 1.807) is 47.8 Å². The Morgan fingerprint density at radius 3 is 2.06 bits per heavy atom. The second-order valence-electron chi connectivity index (χ2n) is 11.2. The molecule has 1 N–H and O–H groups in total. The Labute approximate surface area is 279 Å². The van der Waals surface area contributed by atoms with Gasteiger partial charge >= 0.3 is 0 Å². The molecule has 1 aliphatic carbocycles. The maximum absolute atomic E-state index is 14.9. The van der Waals surface area contributed by atoms with Gasteiger partial charge in [-0.2, -0.15) is 0 Å². The lowest BCUT2D eigenvalue weighted by Crippen LogP contribution is -2.30. The minimum Gasteiger partial charge on any atom is -0.493 e. The summed E-state index contributed by atoms with van der Waals surface area (Å²) in [5, 5.41) is 4.17. The molecule has 1 aromatic heterocycles. The van der Waals surface area contributed by atoms with Crippen LogP contribution in [0.2, 0.25) is 0 Å². The van der Waals surface area contributed by atoms with Gasteiger partial charge in [-0.05, 0) is 47.0 Å². The quantitative estimate of drug-likeness (QED) is 0.138. The number of anilines is 1. The van der Waals surface area contributed by atoms with Crippen LogP contribution in [0, 0.1) is 5.92 Å². The summed E-state index contributed by atoms with van der Waals surface area (Å²) in [6, 6.07) is 27.1. The third-order valence-electron chi connectivity index (χ3n) is 8.62. The van der Waals surface area contributed by atoms with Gasteiger partial charge < -0.3 is 38.5 Å². The van der Waals surface area contributed by atoms with Crippen molar-refractivity contribution in [3.63, 3.8) is 0 Å². The van der Waals surface area contributed by atoms with E-state index >= 15 is 0 Å². The number of rotatable bonds is 13. The number of nitrogens with zero attached hydrogens (tertiary/aromatic N) is 1. The van der Waals surface area contributed by atoms with Crippen molar-refractivity contribution in [1.29, 1.82) is 0 Å². The molecule has 0 saturated heterocycles. The van der Waals surface area contributed by atoms with E-state index in [-0.39, 0.29) is 19.5 Å². The van der Waals surface area contributed by atoms with Crippen LogP contribution in [0.5, 0.6) is 28.7 Å². The molecule has 248 valence electrons. The van der Waals surface area contributed by atoms with Gasteiger partial charge in [0, 0.05) is 49.3 Å². The van der Waals surface area contributed by atoms with E-state index in [0.29, 0.717) is 40.0 Å². The first-order valence-electron chi connectivity index (χ1n) is 15.4. The zero-order valence-electron chi connectivity index (χ0n) is 27.5. The highest BCUT2D eigenvalue weighted by atomic mass is 16.7. The Morgan fingerprint density at radius 2 is 1.38 bits per heavy atom. The number of amides is 1. The zero-order chi connectivity index (χ0) is 33.6. The summed E-state index contributed by atoms with van der Waals surface area (Å²) in [5.74, 6) is 0.853. The van der Waals surface area contributed by atoms with Crippen LogP contribution in [0.25, 0.3) is 10.9 Å². The molecular weight excluding hydrogens is 612 g/mol. The SMILES string of the molecule is COCOc1ccc([C@H]2c3ccccc3[C@@H](c3cc(OC)c(OC)c(OC)c3)[C@H]2C(=O)Nc2cccc3cccnc23)c(OCOC)c1. The number of carbonyl (C=O) groups excluding carboxylic acids is 1. The fourth-order valence-electron chi connectivity index (χ4n) is 6.65. The maximum atomic E-state index is 14.9. The highest BCUT2D eigenvalue weighted by Gasteiger charge is 2.47. The molecule has 1 heterocycles. The lowest BCUT2D eigenvalue weighted by molar-refractivity contribution is -0.120. The van der Waals surface area contributed by atoms with Crippen molar-refractivity contribution in [3.8, 4) is 28.7 Å². The largest absolute Gasteiger partial charge is 0.493 e. The standard InChI is InChI=1S/C38H38N2O8/c1-42-21-47-25-15-16-28(30(20-25)48-22-43-2)34-27-13-7-6-12-26(27)33(24-18-31(44-3)37(46-5)32(19-24)45-4)35(34)38(41)40-29-14-8-10-23-11-9-17-39-36(23)29/h6-20,33-35H,21-22H2,1-5H3,(H,40,41)/t33-,34-,35-/m1/s1. The monoisotopic (exact) mass is 650 g/mol. The fourth-order valence-corrected chi connectivity index (χ4v) is 6.65. The van der Waals surface area contributed by atoms with Crippen molar-refractivity contribution in [2.75, 3.05) is 54.5 Å². The molecular formula is C38H38N2O8. The number of nitrogens with one attached hydrogen (secondary N) is 1. The third kappa shape index (κ3) is 6.20. The van der Waals surface area contributed by atoms with E-state index in [1.807, 2.05) is 66.7 Å². The molecule has 10 nitrogen and oxygen atoms in total. The molecule has 4 aromatic carbocycles. The van der Waals surface area contributed by atoms with Crippen molar-refractivity contribution in [2.24, 2.45) is 5.92 Å². The smallest absolute Gasteiger partial charge is 0.229 e. The van der Waals surface area contributed by atoms with Crippen LogP contribution in [0.1, 0.15) is 34.1 Å². The number of para-hydroxylation sites is 1. The topological polar surface area (TPSA) is 107 Å². The number of fused-ring (bicyclic) bond motifs is 2. The summed E-state index contributed by atoms with van der Waals surface area (Å²) >= 11 is 0. The molecule has 1 aliphatic rings. The van der Waals surface area contributed by atoms with Crippen LogP contribution in [-0.4, -0.2) is 60.0 Å². The van der Waals surface area contributed by atoms with Crippen LogP contribution in [0.4, 0.5) is 5.69 Å². The summed E-state index contributed by atoms with van der Waals surface area (Å²) in [7, 11) is 7.85. The van der Waals surface area contributed by atoms with Gasteiger partial charge in [-0.1, -0.05) is 48.5 Å². The molecule has 0 spiro atoms. The number of benzene rings is 4. The van der Waals surface area contributed by atoms with E-state index < -0.39 is 17.8 Å². The van der Waals surface area contributed by atoms with Crippen molar-refractivity contribution in [1.82, 2.24) is 4.98 Å². The van der Waals surface area contributed by atoms with Crippen LogP contribution in [-0.2, 0) is 14.3 Å². The van der Waals surface area contributed by atoms with E-state index in [2.05, 4.69) is 22.4 Å². The normalized spacial score (nSPS) is 16.6. The number of hydrogen-bond acceptors (Lipinski definition) is 9. The second-order valence-corrected chi connectivity index (χ2v) is 11.2. The fraction of sp³-hybridized carbons (Fsp3) is 0.263. The highest BCUT2D eigenvalue weighted by Crippen LogP contribution is 2.56. The summed E-state index contributed by atoms with van der Waals surface area (Å²) in [4.78, 5) is 19.5. The minimum absolute atomic E-state index is 0.00391. The van der Waals surface area contributed by atoms with E-state index in [9.17, 15) is 4.79 Å². The van der Waals surface area contributed by atoms with E-state index in [1.165, 1.54) is 0 Å². The number of methoxy groups -OCH3 is 5. The molecule has 5 aromatic rings. The van der Waals surface area contributed by atoms with Gasteiger partial charge in [0.25, 0.3) is 0 Å². The Hall–Kier alpha value is -5.32. The van der Waals surface area contributed by atoms with Crippen molar-refractivity contribution >= 4 is 22.5 Å². The molecule has 1 amide bonds. The van der Waals surface area contributed by atoms with Gasteiger partial charge in [-0.15, -0.1) is 0 Å². The molecule has 0 fully saturated rings. The molecule has 0 aliphatic heterocycles. The summed E-state index contributed by atoms with van der Waals surface area (Å²) in [6.45, 7) is 0.0760. The van der Waals surface area contributed by atoms with Crippen LogP contribution in [0.15, 0.2) is 91.1 Å². The van der Waals surface area contributed by atoms with Crippen LogP contribution < -0.4 is 29.0 Å². The number of hydrogen-bond donors (Lipinski definition) is 1. The van der Waals surface area contributed by atoms with Gasteiger partial charge in [0.15, 0.2) is 25.1 Å². The van der Waals surface area contributed by atoms with Crippen LogP contribution >= 0.6 is 0 Å². The minimum atomic E-state index is -0.653. The first-order valence-corrected chi connectivity index (χ1v) is 15.4. The Bertz CT molecular complexity index is 1880. The summed E-state index contributed by atoms with van der Waals surface area (Å²) in [5.41, 5.74) is 4.93. The van der Waals surface area contributed by atoms with Gasteiger partial charge in [0.05, 0.1) is 38.5 Å². The highest BCUT2D eigenvalue weighted by molar-refractivity contribution is 6.02. The van der Waals surface area contributed by atoms with Crippen LogP contribution in [0.3, 0.4) is 0 Å². The maximum Gasteiger partial charge on any atom is 0.229 e. The molecule has 3 atom stereocenters. The van der Waals surface area contributed by atoms with Crippen molar-refractivity contribution in [2.45, 2.75) is 11.8 Å². The molecule has 0 unspecified atom stereocenters. The average Bonchev–Trinajstić information content (AvgIpc) is 3.47. The van der Waals surface area contributed by atoms with E-state index in [0.717, 1.165) is 27.6 Å². The van der Waals surface area contributed by atoms with Gasteiger partial charge in [-0.25, -0.2) is 0 Å². The molecule has 0 saturated carbocycles. The number of aromatic nitrogens is 1. The van der Waals surface area contributed by atoms with Gasteiger partial charge in [0.2, 0.25) is 11.7 Å². The van der Waals surface area contributed by atoms with Crippen molar-refractivity contribution in [3.05, 3.63) is 113 Å². The lowest BCUT2D eigenvalue weighted by Gasteiger charge is -2.28. The Kier molecular flexibility index (Phi) is 9.94. The molecule has 6 rings (SSSR count). The van der Waals surface area contributed by atoms with E-state index in [4.69, 9.17) is 33.2 Å². The van der Waals surface area contributed by atoms with Gasteiger partial charge in [-0.3, -0.25) is 9.78 Å². The predicted octanol–water partition coefficient (Wildman–Crippen LogP) is 6.76. The summed E-state index contributed by atoms with van der Waals surface area (Å²) < 4.78 is 39.5.